The first kappa shape index (κ1) is 12.5. The summed E-state index contributed by atoms with van der Waals surface area (Å²) in [6.45, 7) is 1.13. The summed E-state index contributed by atoms with van der Waals surface area (Å²) in [4.78, 5) is 7.99. The lowest BCUT2D eigenvalue weighted by Gasteiger charge is -2.19. The maximum Gasteiger partial charge on any atom is 0.163 e. The minimum atomic E-state index is 0.357. The Labute approximate surface area is 123 Å². The topological polar surface area (TPSA) is 56.3 Å². The first-order valence-corrected chi connectivity index (χ1v) is 6.74. The van der Waals surface area contributed by atoms with E-state index in [-0.39, 0.29) is 0 Å². The molecule has 1 N–H and O–H groups in total. The number of aromatic nitrogens is 2. The van der Waals surface area contributed by atoms with Crippen molar-refractivity contribution in [1.29, 1.82) is 0 Å². The molecule has 3 rings (SSSR count). The maximum atomic E-state index is 5.91. The Morgan fingerprint density at radius 3 is 2.79 bits per heavy atom. The summed E-state index contributed by atoms with van der Waals surface area (Å²) in [6, 6.07) is 5.60. The Morgan fingerprint density at radius 1 is 1.16 bits per heavy atom. The van der Waals surface area contributed by atoms with Gasteiger partial charge < -0.3 is 14.8 Å². The average Bonchev–Trinajstić information content (AvgIpc) is 2.44. The van der Waals surface area contributed by atoms with Crippen LogP contribution < -0.4 is 14.8 Å². The predicted octanol–water partition coefficient (Wildman–Crippen LogP) is 3.41. The van der Waals surface area contributed by atoms with Crippen LogP contribution in [0.25, 0.3) is 0 Å². The lowest BCUT2D eigenvalue weighted by atomic mass is 10.2. The highest BCUT2D eigenvalue weighted by Gasteiger charge is 2.13. The fourth-order valence-corrected chi connectivity index (χ4v) is 2.13. The number of fused-ring (bicyclic) bond motifs is 1. The van der Waals surface area contributed by atoms with E-state index in [1.54, 1.807) is 0 Å². The Kier molecular flexibility index (Phi) is 3.44. The van der Waals surface area contributed by atoms with E-state index in [2.05, 4.69) is 31.2 Å². The van der Waals surface area contributed by atoms with Crippen molar-refractivity contribution >= 4 is 39.0 Å². The zero-order valence-electron chi connectivity index (χ0n) is 9.69. The number of nitrogens with one attached hydrogen (secondary N) is 1. The van der Waals surface area contributed by atoms with Gasteiger partial charge in [-0.1, -0.05) is 11.6 Å². The first-order valence-electron chi connectivity index (χ1n) is 5.57. The number of nitrogens with zero attached hydrogens (tertiary/aromatic N) is 2. The summed E-state index contributed by atoms with van der Waals surface area (Å²) in [6.07, 6.45) is 1.40. The molecule has 2 heterocycles. The zero-order valence-corrected chi connectivity index (χ0v) is 12.0. The number of halogens is 2. The molecule has 0 fully saturated rings. The molecule has 98 valence electrons. The summed E-state index contributed by atoms with van der Waals surface area (Å²) in [5.74, 6) is 2.06. The largest absolute Gasteiger partial charge is 0.486 e. The Balaban J connectivity index is 1.89. The lowest BCUT2D eigenvalue weighted by Crippen LogP contribution is -2.15. The Morgan fingerprint density at radius 2 is 1.95 bits per heavy atom. The second-order valence-electron chi connectivity index (χ2n) is 3.81. The third kappa shape index (κ3) is 2.59. The molecule has 0 radical (unpaired) electrons. The molecule has 19 heavy (non-hydrogen) atoms. The fourth-order valence-electron chi connectivity index (χ4n) is 1.69. The highest BCUT2D eigenvalue weighted by molar-refractivity contribution is 9.10. The van der Waals surface area contributed by atoms with Gasteiger partial charge in [-0.05, 0) is 28.1 Å². The van der Waals surface area contributed by atoms with Crippen molar-refractivity contribution in [3.05, 3.63) is 34.2 Å². The van der Waals surface area contributed by atoms with Crippen molar-refractivity contribution in [2.75, 3.05) is 18.5 Å². The van der Waals surface area contributed by atoms with Gasteiger partial charge in [0.05, 0.1) is 4.47 Å². The van der Waals surface area contributed by atoms with Crippen molar-refractivity contribution in [3.8, 4) is 11.5 Å². The quantitative estimate of drug-likeness (QED) is 0.848. The molecular formula is C12H9BrClN3O2. The second-order valence-corrected chi connectivity index (χ2v) is 4.96. The molecule has 5 nitrogen and oxygen atoms in total. The molecule has 7 heteroatoms. The van der Waals surface area contributed by atoms with E-state index in [9.17, 15) is 0 Å². The van der Waals surface area contributed by atoms with Gasteiger partial charge in [-0.15, -0.1) is 0 Å². The molecule has 0 atom stereocenters. The standard InChI is InChI=1S/C12H9BrClN3O2/c13-10-11(14)15-6-16-12(10)17-7-1-2-8-9(5-7)19-4-3-18-8/h1-2,5-6H,3-4H2,(H,15,16,17). The Bertz CT molecular complexity index is 624. The third-order valence-electron chi connectivity index (χ3n) is 2.55. The predicted molar refractivity (Wildman–Crippen MR) is 75.5 cm³/mol. The monoisotopic (exact) mass is 341 g/mol. The molecule has 0 aliphatic carbocycles. The average molecular weight is 343 g/mol. The van der Waals surface area contributed by atoms with Gasteiger partial charge in [-0.25, -0.2) is 9.97 Å². The van der Waals surface area contributed by atoms with Crippen molar-refractivity contribution < 1.29 is 9.47 Å². The van der Waals surface area contributed by atoms with E-state index in [4.69, 9.17) is 21.1 Å². The van der Waals surface area contributed by atoms with Crippen molar-refractivity contribution in [3.63, 3.8) is 0 Å². The van der Waals surface area contributed by atoms with Gasteiger partial charge in [0.15, 0.2) is 11.5 Å². The van der Waals surface area contributed by atoms with Crippen molar-refractivity contribution in [2.45, 2.75) is 0 Å². The van der Waals surface area contributed by atoms with Crippen molar-refractivity contribution in [2.24, 2.45) is 0 Å². The molecule has 0 unspecified atom stereocenters. The van der Waals surface area contributed by atoms with Crippen LogP contribution >= 0.6 is 27.5 Å². The number of benzene rings is 1. The van der Waals surface area contributed by atoms with E-state index in [1.807, 2.05) is 18.2 Å². The van der Waals surface area contributed by atoms with E-state index < -0.39 is 0 Å². The molecule has 1 aromatic carbocycles. The number of anilines is 2. The van der Waals surface area contributed by atoms with Crippen LogP contribution in [0.4, 0.5) is 11.5 Å². The van der Waals surface area contributed by atoms with Crippen LogP contribution in [0, 0.1) is 0 Å². The maximum absolute atomic E-state index is 5.91. The fraction of sp³-hybridized carbons (Fsp3) is 0.167. The Hall–Kier alpha value is -1.53. The molecule has 0 saturated heterocycles. The van der Waals surface area contributed by atoms with Crippen LogP contribution in [0.5, 0.6) is 11.5 Å². The molecule has 0 saturated carbocycles. The second kappa shape index (κ2) is 5.22. The van der Waals surface area contributed by atoms with Gasteiger partial charge in [-0.3, -0.25) is 0 Å². The molecule has 2 aromatic rings. The zero-order chi connectivity index (χ0) is 13.2. The normalized spacial score (nSPS) is 13.2. The smallest absolute Gasteiger partial charge is 0.163 e. The van der Waals surface area contributed by atoms with E-state index >= 15 is 0 Å². The third-order valence-corrected chi connectivity index (χ3v) is 3.82. The summed E-state index contributed by atoms with van der Waals surface area (Å²) in [7, 11) is 0. The van der Waals surface area contributed by atoms with Gasteiger partial charge in [0, 0.05) is 11.8 Å². The van der Waals surface area contributed by atoms with Gasteiger partial charge in [0.25, 0.3) is 0 Å². The van der Waals surface area contributed by atoms with Crippen LogP contribution in [0.3, 0.4) is 0 Å². The highest BCUT2D eigenvalue weighted by atomic mass is 79.9. The molecule has 1 aromatic heterocycles. The van der Waals surface area contributed by atoms with Gasteiger partial charge >= 0.3 is 0 Å². The van der Waals surface area contributed by atoms with Crippen LogP contribution in [-0.4, -0.2) is 23.2 Å². The van der Waals surface area contributed by atoms with Gasteiger partial charge in [-0.2, -0.15) is 0 Å². The number of rotatable bonds is 2. The van der Waals surface area contributed by atoms with E-state index in [0.29, 0.717) is 34.4 Å². The van der Waals surface area contributed by atoms with Gasteiger partial charge in [0.2, 0.25) is 0 Å². The number of hydrogen-bond donors (Lipinski definition) is 1. The van der Waals surface area contributed by atoms with Crippen LogP contribution in [0.2, 0.25) is 5.15 Å². The van der Waals surface area contributed by atoms with Gasteiger partial charge in [0.1, 0.15) is 30.5 Å². The molecular weight excluding hydrogens is 334 g/mol. The molecule has 0 amide bonds. The summed E-state index contributed by atoms with van der Waals surface area (Å²) in [5.41, 5.74) is 0.833. The van der Waals surface area contributed by atoms with E-state index in [1.165, 1.54) is 6.33 Å². The highest BCUT2D eigenvalue weighted by Crippen LogP contribution is 2.35. The minimum absolute atomic E-state index is 0.357. The molecule has 1 aliphatic rings. The summed E-state index contributed by atoms with van der Waals surface area (Å²) in [5, 5.41) is 3.50. The van der Waals surface area contributed by atoms with Crippen LogP contribution in [0.1, 0.15) is 0 Å². The van der Waals surface area contributed by atoms with Crippen molar-refractivity contribution in [1.82, 2.24) is 9.97 Å². The first-order chi connectivity index (χ1) is 9.24. The number of ether oxygens (including phenoxy) is 2. The van der Waals surface area contributed by atoms with Crippen LogP contribution in [0.15, 0.2) is 29.0 Å². The van der Waals surface area contributed by atoms with Crippen LogP contribution in [-0.2, 0) is 0 Å². The minimum Gasteiger partial charge on any atom is -0.486 e. The lowest BCUT2D eigenvalue weighted by molar-refractivity contribution is 0.171. The molecule has 0 bridgehead atoms. The SMILES string of the molecule is Clc1ncnc(Nc2ccc3c(c2)OCCO3)c1Br. The summed E-state index contributed by atoms with van der Waals surface area (Å²) < 4.78 is 11.6. The summed E-state index contributed by atoms with van der Waals surface area (Å²) >= 11 is 9.25. The number of hydrogen-bond acceptors (Lipinski definition) is 5. The van der Waals surface area contributed by atoms with E-state index in [0.717, 1.165) is 11.4 Å². The molecule has 0 spiro atoms. The molecule has 1 aliphatic heterocycles.